The second-order valence-corrected chi connectivity index (χ2v) is 4.81. The van der Waals surface area contributed by atoms with Gasteiger partial charge >= 0.3 is 0 Å². The highest BCUT2D eigenvalue weighted by Crippen LogP contribution is 2.29. The minimum atomic E-state index is 1.03. The average molecular weight is 256 g/mol. The molecule has 2 aromatic heterocycles. The van der Waals surface area contributed by atoms with Gasteiger partial charge in [-0.05, 0) is 40.8 Å². The Morgan fingerprint density at radius 2 is 1.70 bits per heavy atom. The van der Waals surface area contributed by atoms with Gasteiger partial charge in [0.15, 0.2) is 0 Å². The van der Waals surface area contributed by atoms with Crippen molar-refractivity contribution in [3.63, 3.8) is 0 Å². The predicted octanol–water partition coefficient (Wildman–Crippen LogP) is 4.45. The summed E-state index contributed by atoms with van der Waals surface area (Å²) in [6, 6.07) is 18.8. The molecule has 4 aromatic rings. The second-order valence-electron chi connectivity index (χ2n) is 4.81. The van der Waals surface area contributed by atoms with Crippen LogP contribution in [-0.4, -0.2) is 9.97 Å². The fourth-order valence-corrected chi connectivity index (χ4v) is 2.60. The number of benzene rings is 2. The number of fused-ring (bicyclic) bond motifs is 2. The molecule has 4 rings (SSSR count). The quantitative estimate of drug-likeness (QED) is 0.503. The van der Waals surface area contributed by atoms with Crippen LogP contribution in [0.4, 0.5) is 0 Å². The topological polar surface area (TPSA) is 25.8 Å². The zero-order valence-electron chi connectivity index (χ0n) is 10.8. The third-order valence-electron chi connectivity index (χ3n) is 3.60. The Bertz CT molecular complexity index is 908. The summed E-state index contributed by atoms with van der Waals surface area (Å²) in [7, 11) is 0. The van der Waals surface area contributed by atoms with Gasteiger partial charge in [0.1, 0.15) is 0 Å². The molecule has 2 heteroatoms. The van der Waals surface area contributed by atoms with Crippen LogP contribution in [0.2, 0.25) is 0 Å². The van der Waals surface area contributed by atoms with E-state index >= 15 is 0 Å². The summed E-state index contributed by atoms with van der Waals surface area (Å²) in [5.41, 5.74) is 3.46. The number of para-hydroxylation sites is 1. The first kappa shape index (κ1) is 11.1. The van der Waals surface area contributed by atoms with Gasteiger partial charge in [0.05, 0.1) is 5.52 Å². The molecule has 0 N–H and O–H groups in total. The molecule has 0 radical (unpaired) electrons. The summed E-state index contributed by atoms with van der Waals surface area (Å²) in [6.45, 7) is 0. The average Bonchev–Trinajstić information content (AvgIpc) is 2.54. The lowest BCUT2D eigenvalue weighted by Crippen LogP contribution is -1.84. The summed E-state index contributed by atoms with van der Waals surface area (Å²) in [5, 5.41) is 3.55. The molecular weight excluding hydrogens is 244 g/mol. The van der Waals surface area contributed by atoms with Crippen molar-refractivity contribution in [3.05, 3.63) is 73.2 Å². The molecule has 0 bridgehead atoms. The number of hydrogen-bond donors (Lipinski definition) is 0. The van der Waals surface area contributed by atoms with Crippen molar-refractivity contribution in [1.29, 1.82) is 0 Å². The monoisotopic (exact) mass is 256 g/mol. The zero-order chi connectivity index (χ0) is 13.4. The van der Waals surface area contributed by atoms with Gasteiger partial charge in [-0.3, -0.25) is 9.97 Å². The SMILES string of the molecule is c1ccc2c(-c3ccc4cnccc4c3)ccnc2c1. The molecule has 2 nitrogen and oxygen atoms in total. The summed E-state index contributed by atoms with van der Waals surface area (Å²) in [4.78, 5) is 8.57. The zero-order valence-corrected chi connectivity index (χ0v) is 10.8. The Morgan fingerprint density at radius 3 is 2.70 bits per heavy atom. The van der Waals surface area contributed by atoms with E-state index in [0.29, 0.717) is 0 Å². The van der Waals surface area contributed by atoms with Gasteiger partial charge < -0.3 is 0 Å². The standard InChI is InChI=1S/C18H12N2/c1-2-4-18-17(3-1)16(8-10-20-18)14-5-6-15-12-19-9-7-13(15)11-14/h1-12H. The number of aromatic nitrogens is 2. The molecule has 2 aromatic carbocycles. The normalized spacial score (nSPS) is 11.0. The summed E-state index contributed by atoms with van der Waals surface area (Å²) in [6.07, 6.45) is 5.59. The largest absolute Gasteiger partial charge is 0.264 e. The van der Waals surface area contributed by atoms with Crippen LogP contribution in [-0.2, 0) is 0 Å². The predicted molar refractivity (Wildman–Crippen MR) is 82.5 cm³/mol. The third kappa shape index (κ3) is 1.74. The van der Waals surface area contributed by atoms with Crippen molar-refractivity contribution in [2.24, 2.45) is 0 Å². The fourth-order valence-electron chi connectivity index (χ4n) is 2.60. The Hall–Kier alpha value is -2.74. The fraction of sp³-hybridized carbons (Fsp3) is 0. The van der Waals surface area contributed by atoms with E-state index in [-0.39, 0.29) is 0 Å². The second kappa shape index (κ2) is 4.42. The maximum absolute atomic E-state index is 4.42. The maximum Gasteiger partial charge on any atom is 0.0708 e. The van der Waals surface area contributed by atoms with Crippen LogP contribution in [0.15, 0.2) is 73.2 Å². The number of pyridine rings is 2. The highest BCUT2D eigenvalue weighted by molar-refractivity contribution is 5.97. The van der Waals surface area contributed by atoms with Crippen LogP contribution in [0.3, 0.4) is 0 Å². The molecule has 0 saturated carbocycles. The van der Waals surface area contributed by atoms with Crippen molar-refractivity contribution < 1.29 is 0 Å². The van der Waals surface area contributed by atoms with Crippen molar-refractivity contribution in [1.82, 2.24) is 9.97 Å². The van der Waals surface area contributed by atoms with Gasteiger partial charge in [-0.15, -0.1) is 0 Å². The molecule has 20 heavy (non-hydrogen) atoms. The lowest BCUT2D eigenvalue weighted by molar-refractivity contribution is 1.36. The Balaban J connectivity index is 2.01. The molecule has 0 fully saturated rings. The molecule has 0 amide bonds. The first-order chi connectivity index (χ1) is 9.92. The first-order valence-electron chi connectivity index (χ1n) is 6.60. The third-order valence-corrected chi connectivity index (χ3v) is 3.60. The van der Waals surface area contributed by atoms with E-state index in [1.165, 1.54) is 21.9 Å². The molecule has 0 aliphatic rings. The van der Waals surface area contributed by atoms with Gasteiger partial charge in [-0.1, -0.05) is 30.3 Å². The number of nitrogens with zero attached hydrogens (tertiary/aromatic N) is 2. The van der Waals surface area contributed by atoms with Crippen LogP contribution in [0, 0.1) is 0 Å². The number of hydrogen-bond acceptors (Lipinski definition) is 2. The van der Waals surface area contributed by atoms with Crippen LogP contribution in [0.25, 0.3) is 32.8 Å². The van der Waals surface area contributed by atoms with E-state index in [0.717, 1.165) is 10.9 Å². The summed E-state index contributed by atoms with van der Waals surface area (Å²) >= 11 is 0. The van der Waals surface area contributed by atoms with Gasteiger partial charge in [-0.2, -0.15) is 0 Å². The van der Waals surface area contributed by atoms with Crippen molar-refractivity contribution in [3.8, 4) is 11.1 Å². The molecule has 94 valence electrons. The molecule has 0 aliphatic carbocycles. The molecule has 0 spiro atoms. The molecular formula is C18H12N2. The van der Waals surface area contributed by atoms with E-state index < -0.39 is 0 Å². The Morgan fingerprint density at radius 1 is 0.750 bits per heavy atom. The lowest BCUT2D eigenvalue weighted by atomic mass is 9.99. The van der Waals surface area contributed by atoms with Gasteiger partial charge in [0, 0.05) is 29.4 Å². The van der Waals surface area contributed by atoms with E-state index in [1.807, 2.05) is 36.8 Å². The minimum Gasteiger partial charge on any atom is -0.264 e. The Labute approximate surface area is 116 Å². The van der Waals surface area contributed by atoms with Crippen LogP contribution >= 0.6 is 0 Å². The van der Waals surface area contributed by atoms with Crippen molar-refractivity contribution in [2.45, 2.75) is 0 Å². The van der Waals surface area contributed by atoms with Crippen molar-refractivity contribution in [2.75, 3.05) is 0 Å². The first-order valence-corrected chi connectivity index (χ1v) is 6.60. The number of rotatable bonds is 1. The molecule has 0 aliphatic heterocycles. The minimum absolute atomic E-state index is 1.03. The molecule has 0 atom stereocenters. The highest BCUT2D eigenvalue weighted by Gasteiger charge is 2.04. The summed E-state index contributed by atoms with van der Waals surface area (Å²) in [5.74, 6) is 0. The van der Waals surface area contributed by atoms with Crippen LogP contribution in [0.5, 0.6) is 0 Å². The van der Waals surface area contributed by atoms with Gasteiger partial charge in [-0.25, -0.2) is 0 Å². The summed E-state index contributed by atoms with van der Waals surface area (Å²) < 4.78 is 0. The van der Waals surface area contributed by atoms with Gasteiger partial charge in [0.2, 0.25) is 0 Å². The van der Waals surface area contributed by atoms with E-state index in [9.17, 15) is 0 Å². The molecule has 0 unspecified atom stereocenters. The van der Waals surface area contributed by atoms with Crippen molar-refractivity contribution >= 4 is 21.7 Å². The van der Waals surface area contributed by atoms with E-state index in [1.54, 1.807) is 0 Å². The van der Waals surface area contributed by atoms with Crippen LogP contribution < -0.4 is 0 Å². The molecule has 0 saturated heterocycles. The van der Waals surface area contributed by atoms with Gasteiger partial charge in [0.25, 0.3) is 0 Å². The van der Waals surface area contributed by atoms with Crippen LogP contribution in [0.1, 0.15) is 0 Å². The Kier molecular flexibility index (Phi) is 2.46. The smallest absolute Gasteiger partial charge is 0.0708 e. The maximum atomic E-state index is 4.42. The van der Waals surface area contributed by atoms with E-state index in [4.69, 9.17) is 0 Å². The molecule has 2 heterocycles. The highest BCUT2D eigenvalue weighted by atomic mass is 14.6. The lowest BCUT2D eigenvalue weighted by Gasteiger charge is -2.07. The van der Waals surface area contributed by atoms with E-state index in [2.05, 4.69) is 46.4 Å².